The number of aliphatic carboxylic acids is 1. The Kier molecular flexibility index (Phi) is 4.45. The molecule has 0 amide bonds. The van der Waals surface area contributed by atoms with Crippen molar-refractivity contribution in [1.29, 1.82) is 0 Å². The molecule has 1 atom stereocenters. The van der Waals surface area contributed by atoms with Crippen molar-refractivity contribution in [3.8, 4) is 0 Å². The average Bonchev–Trinajstić information content (AvgIpc) is 2.44. The van der Waals surface area contributed by atoms with E-state index in [4.69, 9.17) is 5.11 Å². The Morgan fingerprint density at radius 3 is 2.55 bits per heavy atom. The van der Waals surface area contributed by atoms with E-state index in [1.54, 1.807) is 19.1 Å². The Hall–Kier alpha value is -1.40. The molecule has 0 heterocycles. The fourth-order valence-corrected chi connectivity index (χ4v) is 3.76. The highest BCUT2D eigenvalue weighted by Crippen LogP contribution is 2.24. The molecule has 0 fully saturated rings. The van der Waals surface area contributed by atoms with Crippen molar-refractivity contribution in [2.24, 2.45) is 0 Å². The first kappa shape index (κ1) is 15.0. The second kappa shape index (κ2) is 5.93. The van der Waals surface area contributed by atoms with Gasteiger partial charge in [0.1, 0.15) is 6.04 Å². The van der Waals surface area contributed by atoms with Crippen LogP contribution in [0.4, 0.5) is 0 Å². The number of benzene rings is 1. The number of carboxylic acid groups (broad SMARTS) is 1. The first-order valence-corrected chi connectivity index (χ1v) is 8.29. The van der Waals surface area contributed by atoms with E-state index in [0.29, 0.717) is 0 Å². The second-order valence-electron chi connectivity index (χ2n) is 5.06. The highest BCUT2D eigenvalue weighted by Gasteiger charge is 2.24. The molecule has 0 radical (unpaired) electrons. The Morgan fingerprint density at radius 1 is 1.30 bits per heavy atom. The third-order valence-electron chi connectivity index (χ3n) is 3.63. The van der Waals surface area contributed by atoms with Crippen molar-refractivity contribution < 1.29 is 18.3 Å². The zero-order valence-electron chi connectivity index (χ0n) is 11.4. The molecule has 1 aromatic carbocycles. The summed E-state index contributed by atoms with van der Waals surface area (Å²) in [7, 11) is -3.78. The Labute approximate surface area is 119 Å². The van der Waals surface area contributed by atoms with Crippen LogP contribution in [0, 0.1) is 0 Å². The van der Waals surface area contributed by atoms with E-state index >= 15 is 0 Å². The first-order chi connectivity index (χ1) is 9.44. The predicted octanol–water partition coefficient (Wildman–Crippen LogP) is 1.71. The lowest BCUT2D eigenvalue weighted by Gasteiger charge is -2.18. The summed E-state index contributed by atoms with van der Waals surface area (Å²) >= 11 is 0. The van der Waals surface area contributed by atoms with Gasteiger partial charge >= 0.3 is 5.97 Å². The van der Waals surface area contributed by atoms with Crippen molar-refractivity contribution in [3.05, 3.63) is 29.3 Å². The maximum Gasteiger partial charge on any atom is 0.321 e. The number of fused-ring (bicyclic) bond motifs is 1. The summed E-state index contributed by atoms with van der Waals surface area (Å²) in [6, 6.07) is 3.98. The number of nitrogens with one attached hydrogen (secondary N) is 1. The van der Waals surface area contributed by atoms with Crippen molar-refractivity contribution >= 4 is 16.0 Å². The van der Waals surface area contributed by atoms with E-state index in [9.17, 15) is 13.2 Å². The molecule has 1 aromatic rings. The fourth-order valence-electron chi connectivity index (χ4n) is 2.44. The summed E-state index contributed by atoms with van der Waals surface area (Å²) in [5.74, 6) is -1.16. The van der Waals surface area contributed by atoms with Gasteiger partial charge in [-0.2, -0.15) is 4.72 Å². The second-order valence-corrected chi connectivity index (χ2v) is 6.77. The molecule has 1 unspecified atom stereocenters. The van der Waals surface area contributed by atoms with Crippen LogP contribution in [0.25, 0.3) is 0 Å². The van der Waals surface area contributed by atoms with Crippen LogP contribution in [0.5, 0.6) is 0 Å². The summed E-state index contributed by atoms with van der Waals surface area (Å²) < 4.78 is 26.7. The minimum Gasteiger partial charge on any atom is -0.480 e. The van der Waals surface area contributed by atoms with Crippen LogP contribution in [-0.2, 0) is 27.7 Å². The minimum atomic E-state index is -3.78. The monoisotopic (exact) mass is 297 g/mol. The van der Waals surface area contributed by atoms with Gasteiger partial charge in [-0.25, -0.2) is 8.42 Å². The molecule has 1 aliphatic carbocycles. The number of sulfonamides is 1. The highest BCUT2D eigenvalue weighted by molar-refractivity contribution is 7.89. The van der Waals surface area contributed by atoms with Crippen LogP contribution in [0.1, 0.15) is 37.3 Å². The fraction of sp³-hybridized carbons (Fsp3) is 0.500. The van der Waals surface area contributed by atoms with Gasteiger partial charge in [-0.15, -0.1) is 0 Å². The summed E-state index contributed by atoms with van der Waals surface area (Å²) in [5, 5.41) is 8.95. The van der Waals surface area contributed by atoms with Gasteiger partial charge in [-0.1, -0.05) is 13.0 Å². The molecular formula is C14H19NO4S. The number of aryl methyl sites for hydroxylation is 2. The molecule has 0 aromatic heterocycles. The Bertz CT molecular complexity index is 610. The van der Waals surface area contributed by atoms with Crippen molar-refractivity contribution in [1.82, 2.24) is 4.72 Å². The van der Waals surface area contributed by atoms with E-state index in [2.05, 4.69) is 4.72 Å². The molecule has 0 spiro atoms. The lowest BCUT2D eigenvalue weighted by Crippen LogP contribution is -2.40. The van der Waals surface area contributed by atoms with E-state index in [-0.39, 0.29) is 11.3 Å². The summed E-state index contributed by atoms with van der Waals surface area (Å²) in [4.78, 5) is 11.1. The number of carbonyl (C=O) groups is 1. The maximum absolute atomic E-state index is 12.2. The van der Waals surface area contributed by atoms with Gasteiger partial charge in [0.05, 0.1) is 4.90 Å². The van der Waals surface area contributed by atoms with E-state index in [1.165, 1.54) is 5.56 Å². The predicted molar refractivity (Wildman–Crippen MR) is 75.1 cm³/mol. The zero-order chi connectivity index (χ0) is 14.8. The van der Waals surface area contributed by atoms with Crippen LogP contribution in [-0.4, -0.2) is 25.5 Å². The lowest BCUT2D eigenvalue weighted by molar-refractivity contribution is -0.139. The van der Waals surface area contributed by atoms with E-state index in [0.717, 1.165) is 31.2 Å². The molecule has 0 saturated carbocycles. The zero-order valence-corrected chi connectivity index (χ0v) is 12.2. The third kappa shape index (κ3) is 3.19. The molecule has 110 valence electrons. The number of rotatable bonds is 5. The van der Waals surface area contributed by atoms with Crippen LogP contribution in [0.2, 0.25) is 0 Å². The molecule has 0 saturated heterocycles. The minimum absolute atomic E-state index is 0.151. The molecule has 0 aliphatic heterocycles. The Morgan fingerprint density at radius 2 is 1.95 bits per heavy atom. The lowest BCUT2D eigenvalue weighted by atomic mass is 9.92. The SMILES string of the molecule is CCC(NS(=O)(=O)c1ccc2c(c1)CCCC2)C(=O)O. The van der Waals surface area contributed by atoms with E-state index in [1.807, 2.05) is 6.07 Å². The van der Waals surface area contributed by atoms with Crippen LogP contribution < -0.4 is 4.72 Å². The third-order valence-corrected chi connectivity index (χ3v) is 5.10. The van der Waals surface area contributed by atoms with Gasteiger partial charge in [0.15, 0.2) is 0 Å². The van der Waals surface area contributed by atoms with Gasteiger partial charge in [-0.3, -0.25) is 4.79 Å². The molecule has 2 rings (SSSR count). The van der Waals surface area contributed by atoms with Crippen LogP contribution in [0.15, 0.2) is 23.1 Å². The quantitative estimate of drug-likeness (QED) is 0.866. The van der Waals surface area contributed by atoms with Gasteiger partial charge in [-0.05, 0) is 55.4 Å². The van der Waals surface area contributed by atoms with Gasteiger partial charge in [0.25, 0.3) is 0 Å². The summed E-state index contributed by atoms with van der Waals surface area (Å²) in [6.45, 7) is 1.63. The van der Waals surface area contributed by atoms with Gasteiger partial charge in [0.2, 0.25) is 10.0 Å². The highest BCUT2D eigenvalue weighted by atomic mass is 32.2. The summed E-state index contributed by atoms with van der Waals surface area (Å²) in [6.07, 6.45) is 4.27. The topological polar surface area (TPSA) is 83.5 Å². The molecular weight excluding hydrogens is 278 g/mol. The van der Waals surface area contributed by atoms with Gasteiger partial charge in [0, 0.05) is 0 Å². The smallest absolute Gasteiger partial charge is 0.321 e. The number of carboxylic acids is 1. The van der Waals surface area contributed by atoms with E-state index < -0.39 is 22.0 Å². The molecule has 0 bridgehead atoms. The Balaban J connectivity index is 2.27. The molecule has 2 N–H and O–H groups in total. The molecule has 1 aliphatic rings. The van der Waals surface area contributed by atoms with Crippen molar-refractivity contribution in [3.63, 3.8) is 0 Å². The largest absolute Gasteiger partial charge is 0.480 e. The summed E-state index contributed by atoms with van der Waals surface area (Å²) in [5.41, 5.74) is 2.25. The maximum atomic E-state index is 12.2. The van der Waals surface area contributed by atoms with Gasteiger partial charge < -0.3 is 5.11 Å². The standard InChI is InChI=1S/C14H19NO4S/c1-2-13(14(16)17)15-20(18,19)12-8-7-10-5-3-4-6-11(10)9-12/h7-9,13,15H,2-6H2,1H3,(H,16,17). The van der Waals surface area contributed by atoms with Crippen LogP contribution >= 0.6 is 0 Å². The number of hydrogen-bond donors (Lipinski definition) is 2. The normalized spacial score (nSPS) is 16.4. The van der Waals surface area contributed by atoms with Crippen LogP contribution in [0.3, 0.4) is 0 Å². The first-order valence-electron chi connectivity index (χ1n) is 6.81. The van der Waals surface area contributed by atoms with Crippen molar-refractivity contribution in [2.75, 3.05) is 0 Å². The molecule has 5 nitrogen and oxygen atoms in total. The molecule has 20 heavy (non-hydrogen) atoms. The molecule has 6 heteroatoms. The van der Waals surface area contributed by atoms with Crippen molar-refractivity contribution in [2.45, 2.75) is 50.0 Å². The average molecular weight is 297 g/mol. The number of hydrogen-bond acceptors (Lipinski definition) is 3.